The van der Waals surface area contributed by atoms with Crippen molar-refractivity contribution in [2.24, 2.45) is 0 Å². The molecule has 1 N–H and O–H groups in total. The Labute approximate surface area is 165 Å². The second kappa shape index (κ2) is 6.84. The van der Waals surface area contributed by atoms with Crippen LogP contribution in [0.4, 0.5) is 14.6 Å². The molecule has 2 aromatic carbocycles. The summed E-state index contributed by atoms with van der Waals surface area (Å²) in [5.74, 6) is -0.366. The van der Waals surface area contributed by atoms with E-state index >= 15 is 0 Å². The fraction of sp³-hybridized carbons (Fsp3) is 0.182. The third-order valence-electron chi connectivity index (χ3n) is 5.40. The lowest BCUT2D eigenvalue weighted by molar-refractivity contribution is 0.415. The zero-order valence-electron chi connectivity index (χ0n) is 15.7. The molecule has 0 saturated carbocycles. The van der Waals surface area contributed by atoms with E-state index in [1.54, 1.807) is 7.11 Å². The Morgan fingerprint density at radius 3 is 2.72 bits per heavy atom. The summed E-state index contributed by atoms with van der Waals surface area (Å²) in [6.07, 6.45) is 6.36. The first-order chi connectivity index (χ1) is 14.1. The van der Waals surface area contributed by atoms with Crippen LogP contribution in [0, 0.1) is 11.6 Å². The number of methoxy groups -OCH3 is 1. The minimum absolute atomic E-state index is 0.396. The van der Waals surface area contributed by atoms with Gasteiger partial charge in [0, 0.05) is 47.2 Å². The molecule has 0 radical (unpaired) electrons. The predicted molar refractivity (Wildman–Crippen MR) is 109 cm³/mol. The van der Waals surface area contributed by atoms with Crippen LogP contribution in [0.25, 0.3) is 27.4 Å². The number of hydrogen-bond donors (Lipinski definition) is 1. The number of rotatable bonds is 3. The molecule has 146 valence electrons. The second-order valence-electron chi connectivity index (χ2n) is 7.02. The molecule has 0 atom stereocenters. The molecule has 0 unspecified atom stereocenters. The number of halogens is 2. The van der Waals surface area contributed by atoms with Crippen molar-refractivity contribution in [3.8, 4) is 5.75 Å². The number of aromatic nitrogens is 3. The summed E-state index contributed by atoms with van der Waals surface area (Å²) in [7, 11) is 1.66. The number of nitrogens with one attached hydrogen (secondary N) is 1. The fourth-order valence-electron chi connectivity index (χ4n) is 3.89. The first-order valence-corrected chi connectivity index (χ1v) is 9.33. The van der Waals surface area contributed by atoms with Crippen molar-refractivity contribution in [1.82, 2.24) is 15.0 Å². The van der Waals surface area contributed by atoms with Crippen LogP contribution >= 0.6 is 0 Å². The topological polar surface area (TPSA) is 54.0 Å². The average Bonchev–Trinajstić information content (AvgIpc) is 3.17. The Morgan fingerprint density at radius 1 is 1.07 bits per heavy atom. The lowest BCUT2D eigenvalue weighted by Gasteiger charge is -2.28. The van der Waals surface area contributed by atoms with Gasteiger partial charge < -0.3 is 14.6 Å². The van der Waals surface area contributed by atoms with Crippen LogP contribution in [0.1, 0.15) is 12.0 Å². The molecule has 0 fully saturated rings. The van der Waals surface area contributed by atoms with Gasteiger partial charge >= 0.3 is 0 Å². The molecule has 1 aliphatic heterocycles. The highest BCUT2D eigenvalue weighted by atomic mass is 19.2. The van der Waals surface area contributed by atoms with E-state index in [0.29, 0.717) is 29.8 Å². The van der Waals surface area contributed by atoms with E-state index < -0.39 is 11.6 Å². The van der Waals surface area contributed by atoms with Gasteiger partial charge in [-0.05, 0) is 36.3 Å². The summed E-state index contributed by atoms with van der Waals surface area (Å²) in [5, 5.41) is 1.63. The van der Waals surface area contributed by atoms with Crippen LogP contribution < -0.4 is 9.64 Å². The molecule has 29 heavy (non-hydrogen) atoms. The van der Waals surface area contributed by atoms with Gasteiger partial charge in [0.1, 0.15) is 17.9 Å². The highest BCUT2D eigenvalue weighted by molar-refractivity contribution is 5.94. The molecule has 0 bridgehead atoms. The average molecular weight is 392 g/mol. The van der Waals surface area contributed by atoms with Crippen molar-refractivity contribution < 1.29 is 13.5 Å². The fourth-order valence-corrected chi connectivity index (χ4v) is 3.89. The van der Waals surface area contributed by atoms with E-state index in [4.69, 9.17) is 4.74 Å². The molecule has 0 aliphatic carbocycles. The summed E-state index contributed by atoms with van der Waals surface area (Å²) in [5.41, 5.74) is 3.84. The monoisotopic (exact) mass is 392 g/mol. The Morgan fingerprint density at radius 2 is 1.93 bits per heavy atom. The number of H-pyrrole nitrogens is 1. The summed E-state index contributed by atoms with van der Waals surface area (Å²) in [6.45, 7) is 1.34. The molecular formula is C22H18F2N4O. The number of anilines is 1. The van der Waals surface area contributed by atoms with Gasteiger partial charge in [0.15, 0.2) is 11.6 Å². The van der Waals surface area contributed by atoms with Gasteiger partial charge in [-0.25, -0.2) is 18.7 Å². The highest BCUT2D eigenvalue weighted by Gasteiger charge is 2.20. The van der Waals surface area contributed by atoms with E-state index in [0.717, 1.165) is 34.7 Å². The zero-order chi connectivity index (χ0) is 20.0. The smallest absolute Gasteiger partial charge is 0.161 e. The van der Waals surface area contributed by atoms with E-state index in [1.807, 2.05) is 24.4 Å². The minimum Gasteiger partial charge on any atom is -0.497 e. The molecule has 5 nitrogen and oxygen atoms in total. The van der Waals surface area contributed by atoms with Gasteiger partial charge in [-0.1, -0.05) is 6.08 Å². The van der Waals surface area contributed by atoms with Crippen molar-refractivity contribution in [2.45, 2.75) is 6.42 Å². The maximum Gasteiger partial charge on any atom is 0.161 e. The Kier molecular flexibility index (Phi) is 4.16. The van der Waals surface area contributed by atoms with Gasteiger partial charge in [-0.15, -0.1) is 0 Å². The lowest BCUT2D eigenvalue weighted by Crippen LogP contribution is -2.29. The predicted octanol–water partition coefficient (Wildman–Crippen LogP) is 4.69. The first-order valence-electron chi connectivity index (χ1n) is 9.33. The van der Waals surface area contributed by atoms with Crippen LogP contribution in [-0.2, 0) is 0 Å². The van der Waals surface area contributed by atoms with Crippen LogP contribution in [0.5, 0.6) is 5.75 Å². The maximum absolute atomic E-state index is 13.8. The standard InChI is InChI=1S/C22H18F2N4O/c1-29-14-2-3-20-15(8-14)17(11-25-20)13-4-6-28(7-5-13)22-16-9-18(23)19(24)10-21(16)26-12-27-22/h2-4,8-12,25H,5-7H2,1H3. The van der Waals surface area contributed by atoms with Gasteiger partial charge in [0.05, 0.1) is 12.6 Å². The third-order valence-corrected chi connectivity index (χ3v) is 5.40. The van der Waals surface area contributed by atoms with Gasteiger partial charge in [0.2, 0.25) is 0 Å². The molecule has 2 aromatic heterocycles. The van der Waals surface area contributed by atoms with Gasteiger partial charge in [-0.3, -0.25) is 0 Å². The number of fused-ring (bicyclic) bond motifs is 2. The lowest BCUT2D eigenvalue weighted by atomic mass is 9.98. The molecule has 3 heterocycles. The SMILES string of the molecule is COc1ccc2[nH]cc(C3=CCN(c4ncnc5cc(F)c(F)cc45)CC3)c2c1. The van der Waals surface area contributed by atoms with Crippen LogP contribution in [0.15, 0.2) is 48.9 Å². The summed E-state index contributed by atoms with van der Waals surface area (Å²) >= 11 is 0. The van der Waals surface area contributed by atoms with E-state index in [1.165, 1.54) is 18.0 Å². The minimum atomic E-state index is -0.905. The first kappa shape index (κ1) is 17.6. The van der Waals surface area contributed by atoms with Crippen LogP contribution in [-0.4, -0.2) is 35.2 Å². The largest absolute Gasteiger partial charge is 0.497 e. The van der Waals surface area contributed by atoms with Crippen molar-refractivity contribution in [3.63, 3.8) is 0 Å². The number of hydrogen-bond acceptors (Lipinski definition) is 4. The number of benzene rings is 2. The Balaban J connectivity index is 1.49. The van der Waals surface area contributed by atoms with Crippen molar-refractivity contribution in [1.29, 1.82) is 0 Å². The molecule has 1 aliphatic rings. The summed E-state index contributed by atoms with van der Waals surface area (Å²) in [6, 6.07) is 8.25. The molecule has 7 heteroatoms. The second-order valence-corrected chi connectivity index (χ2v) is 7.02. The molecule has 0 spiro atoms. The van der Waals surface area contributed by atoms with Crippen molar-refractivity contribution >= 4 is 33.2 Å². The number of aromatic amines is 1. The summed E-state index contributed by atoms with van der Waals surface area (Å²) < 4.78 is 32.7. The van der Waals surface area contributed by atoms with E-state index in [2.05, 4.69) is 25.9 Å². The van der Waals surface area contributed by atoms with E-state index in [-0.39, 0.29) is 0 Å². The third kappa shape index (κ3) is 2.99. The van der Waals surface area contributed by atoms with Crippen molar-refractivity contribution in [2.75, 3.05) is 25.1 Å². The Hall–Kier alpha value is -3.48. The maximum atomic E-state index is 13.8. The summed E-state index contributed by atoms with van der Waals surface area (Å²) in [4.78, 5) is 13.8. The molecular weight excluding hydrogens is 374 g/mol. The van der Waals surface area contributed by atoms with E-state index in [9.17, 15) is 8.78 Å². The quantitative estimate of drug-likeness (QED) is 0.550. The molecule has 0 saturated heterocycles. The normalized spacial score (nSPS) is 14.4. The van der Waals surface area contributed by atoms with Crippen LogP contribution in [0.3, 0.4) is 0 Å². The number of ether oxygens (including phenoxy) is 1. The number of nitrogens with zero attached hydrogens (tertiary/aromatic N) is 3. The van der Waals surface area contributed by atoms with Crippen molar-refractivity contribution in [3.05, 3.63) is 66.1 Å². The van der Waals surface area contributed by atoms with Crippen LogP contribution in [0.2, 0.25) is 0 Å². The zero-order valence-corrected chi connectivity index (χ0v) is 15.7. The molecule has 4 aromatic rings. The van der Waals surface area contributed by atoms with Gasteiger partial charge in [0.25, 0.3) is 0 Å². The molecule has 0 amide bonds. The van der Waals surface area contributed by atoms with Gasteiger partial charge in [-0.2, -0.15) is 0 Å². The Bertz CT molecular complexity index is 1260. The molecule has 5 rings (SSSR count). The highest BCUT2D eigenvalue weighted by Crippen LogP contribution is 2.33.